The van der Waals surface area contributed by atoms with Gasteiger partial charge in [0.2, 0.25) is 0 Å². The van der Waals surface area contributed by atoms with Gasteiger partial charge in [-0.25, -0.2) is 0 Å². The summed E-state index contributed by atoms with van der Waals surface area (Å²) in [5, 5.41) is 30.1. The molecular weight excluding hydrogens is 410 g/mol. The van der Waals surface area contributed by atoms with Crippen LogP contribution in [-0.2, 0) is 17.1 Å². The molecule has 0 aromatic carbocycles. The molecule has 3 rings (SSSR count). The number of rotatable bonds is 3. The Bertz CT molecular complexity index is 747. The Morgan fingerprint density at radius 1 is 0.571 bits per heavy atom. The van der Waals surface area contributed by atoms with Gasteiger partial charge in [-0.15, -0.1) is 0 Å². The monoisotopic (exact) mass is 422 g/mol. The summed E-state index contributed by atoms with van der Waals surface area (Å²) in [7, 11) is 0. The molecule has 0 saturated heterocycles. The van der Waals surface area contributed by atoms with Crippen molar-refractivity contribution < 1.29 is 46.8 Å². The van der Waals surface area contributed by atoms with Crippen molar-refractivity contribution in [2.24, 2.45) is 0 Å². The Kier molecular flexibility index (Phi) is 11.8. The number of carboxylic acids is 3. The van der Waals surface area contributed by atoms with Gasteiger partial charge in [-0.2, -0.15) is 0 Å². The second-order valence-electron chi connectivity index (χ2n) is 4.59. The molecule has 143 valence electrons. The van der Waals surface area contributed by atoms with Crippen LogP contribution in [0.2, 0.25) is 0 Å². The Labute approximate surface area is 170 Å². The smallest absolute Gasteiger partial charge is 0.545 e. The summed E-state index contributed by atoms with van der Waals surface area (Å²) in [5.74, 6) is -3.57. The van der Waals surface area contributed by atoms with Gasteiger partial charge >= 0.3 is 17.1 Å². The van der Waals surface area contributed by atoms with Gasteiger partial charge in [0.15, 0.2) is 0 Å². The maximum absolute atomic E-state index is 10.0. The fourth-order valence-electron chi connectivity index (χ4n) is 1.45. The van der Waals surface area contributed by atoms with E-state index in [2.05, 4.69) is 15.0 Å². The summed E-state index contributed by atoms with van der Waals surface area (Å²) in [4.78, 5) is 40.9. The minimum Gasteiger partial charge on any atom is -0.545 e. The van der Waals surface area contributed by atoms with E-state index >= 15 is 0 Å². The third kappa shape index (κ3) is 9.76. The predicted molar refractivity (Wildman–Crippen MR) is 85.7 cm³/mol. The summed E-state index contributed by atoms with van der Waals surface area (Å²) in [6.45, 7) is 0. The molecule has 3 aromatic heterocycles. The van der Waals surface area contributed by atoms with Gasteiger partial charge in [-0.1, -0.05) is 18.2 Å². The molecule has 0 aliphatic heterocycles. The second-order valence-corrected chi connectivity index (χ2v) is 4.59. The first-order chi connectivity index (χ1) is 12.9. The number of carboxylic acid groups (broad SMARTS) is 3. The van der Waals surface area contributed by atoms with Gasteiger partial charge < -0.3 is 29.7 Å². The predicted octanol–water partition coefficient (Wildman–Crippen LogP) is -1.67. The van der Waals surface area contributed by atoms with E-state index in [1.54, 1.807) is 18.2 Å². The average molecular weight is 422 g/mol. The molecule has 28 heavy (non-hydrogen) atoms. The topological polar surface area (TPSA) is 159 Å². The van der Waals surface area contributed by atoms with Crippen molar-refractivity contribution in [3.8, 4) is 0 Å². The molecule has 0 unspecified atom stereocenters. The number of carbonyl (C=O) groups is 3. The number of hydrogen-bond donors (Lipinski definition) is 0. The third-order valence-electron chi connectivity index (χ3n) is 2.69. The molecule has 0 N–H and O–H groups in total. The van der Waals surface area contributed by atoms with Crippen molar-refractivity contribution in [3.05, 3.63) is 90.3 Å². The van der Waals surface area contributed by atoms with E-state index in [9.17, 15) is 29.7 Å². The number of carbonyl (C=O) groups excluding carboxylic acids is 3. The minimum atomic E-state index is -1.19. The van der Waals surface area contributed by atoms with Crippen molar-refractivity contribution in [2.45, 2.75) is 0 Å². The summed E-state index contributed by atoms with van der Waals surface area (Å²) in [5.41, 5.74) is 0.326. The minimum absolute atomic E-state index is 0. The largest absolute Gasteiger partial charge is 3.00 e. The Morgan fingerprint density at radius 2 is 0.821 bits per heavy atom. The average Bonchev–Trinajstić information content (AvgIpc) is 2.71. The van der Waals surface area contributed by atoms with Crippen LogP contribution in [0.1, 0.15) is 31.1 Å². The van der Waals surface area contributed by atoms with Crippen molar-refractivity contribution in [3.63, 3.8) is 0 Å². The van der Waals surface area contributed by atoms with Crippen molar-refractivity contribution in [2.75, 3.05) is 0 Å². The SMILES string of the molecule is O=C([O-])c1cccnc1.O=C([O-])c1cccnc1.O=C([O-])c1cccnc1.[Fe+3]. The molecule has 0 fully saturated rings. The van der Waals surface area contributed by atoms with E-state index < -0.39 is 17.9 Å². The van der Waals surface area contributed by atoms with Crippen molar-refractivity contribution >= 4 is 17.9 Å². The van der Waals surface area contributed by atoms with Crippen LogP contribution < -0.4 is 15.3 Å². The van der Waals surface area contributed by atoms with E-state index in [1.807, 2.05) is 0 Å². The normalized spacial score (nSPS) is 8.57. The van der Waals surface area contributed by atoms with Crippen LogP contribution >= 0.6 is 0 Å². The molecular formula is C18H12FeN3O6. The molecule has 0 saturated carbocycles. The van der Waals surface area contributed by atoms with Gasteiger partial charge in [0.25, 0.3) is 0 Å². The molecule has 9 nitrogen and oxygen atoms in total. The number of aromatic nitrogens is 3. The number of pyridine rings is 3. The van der Waals surface area contributed by atoms with Crippen LogP contribution in [0.5, 0.6) is 0 Å². The van der Waals surface area contributed by atoms with Gasteiger partial charge in [0, 0.05) is 53.9 Å². The van der Waals surface area contributed by atoms with E-state index in [4.69, 9.17) is 0 Å². The number of nitrogens with zero attached hydrogens (tertiary/aromatic N) is 3. The molecule has 10 heteroatoms. The van der Waals surface area contributed by atoms with Crippen LogP contribution in [0, 0.1) is 0 Å². The molecule has 0 amide bonds. The maximum atomic E-state index is 10.0. The van der Waals surface area contributed by atoms with Gasteiger partial charge in [-0.3, -0.25) is 15.0 Å². The Hall–Kier alpha value is -3.62. The van der Waals surface area contributed by atoms with E-state index in [0.717, 1.165) is 0 Å². The third-order valence-corrected chi connectivity index (χ3v) is 2.69. The quantitative estimate of drug-likeness (QED) is 0.450. The molecule has 0 spiro atoms. The van der Waals surface area contributed by atoms with Crippen LogP contribution in [0.3, 0.4) is 0 Å². The van der Waals surface area contributed by atoms with Gasteiger partial charge in [0.1, 0.15) is 0 Å². The van der Waals surface area contributed by atoms with E-state index in [1.165, 1.54) is 55.4 Å². The summed E-state index contributed by atoms with van der Waals surface area (Å²) >= 11 is 0. The van der Waals surface area contributed by atoms with Crippen molar-refractivity contribution in [1.82, 2.24) is 15.0 Å². The van der Waals surface area contributed by atoms with E-state index in [0.29, 0.717) is 0 Å². The number of hydrogen-bond acceptors (Lipinski definition) is 9. The Morgan fingerprint density at radius 3 is 0.929 bits per heavy atom. The zero-order valence-electron chi connectivity index (χ0n) is 14.1. The van der Waals surface area contributed by atoms with E-state index in [-0.39, 0.29) is 33.8 Å². The molecule has 3 aromatic rings. The first kappa shape index (κ1) is 24.4. The zero-order valence-corrected chi connectivity index (χ0v) is 15.2. The second kappa shape index (κ2) is 13.6. The molecule has 0 atom stereocenters. The van der Waals surface area contributed by atoms with Crippen molar-refractivity contribution in [1.29, 1.82) is 0 Å². The summed E-state index contributed by atoms with van der Waals surface area (Å²) in [6.07, 6.45) is 8.26. The fraction of sp³-hybridized carbons (Fsp3) is 0. The molecule has 0 aliphatic rings. The van der Waals surface area contributed by atoms with Gasteiger partial charge in [0.05, 0.1) is 17.9 Å². The van der Waals surface area contributed by atoms with Gasteiger partial charge in [-0.05, 0) is 18.2 Å². The summed E-state index contributed by atoms with van der Waals surface area (Å²) in [6, 6.07) is 8.94. The summed E-state index contributed by atoms with van der Waals surface area (Å²) < 4.78 is 0. The first-order valence-electron chi connectivity index (χ1n) is 7.26. The molecule has 3 heterocycles. The van der Waals surface area contributed by atoms with Crippen LogP contribution in [-0.4, -0.2) is 32.9 Å². The van der Waals surface area contributed by atoms with Crippen LogP contribution in [0.25, 0.3) is 0 Å². The Balaban J connectivity index is 0.000000384. The van der Waals surface area contributed by atoms with Crippen LogP contribution in [0.4, 0.5) is 0 Å². The number of aromatic carboxylic acids is 3. The van der Waals surface area contributed by atoms with Crippen LogP contribution in [0.15, 0.2) is 73.6 Å². The first-order valence-corrected chi connectivity index (χ1v) is 7.26. The standard InChI is InChI=1S/3C6H5NO2.Fe/c3*8-6(9)5-2-1-3-7-4-5;/h3*1-4H,(H,8,9);/q;;;+3/p-3. The molecule has 0 aliphatic carbocycles. The maximum Gasteiger partial charge on any atom is 3.00 e. The fourth-order valence-corrected chi connectivity index (χ4v) is 1.45. The molecule has 0 bridgehead atoms. The molecule has 1 radical (unpaired) electrons. The zero-order chi connectivity index (χ0) is 20.1.